The van der Waals surface area contributed by atoms with Crippen molar-refractivity contribution in [2.45, 2.75) is 19.8 Å². The molecule has 7 heteroatoms. The SMILES string of the molecule is Cc1cc2c(N3CCCC(COc4cc(C#N)ccn4)C3)nccn2n1. The van der Waals surface area contributed by atoms with E-state index in [4.69, 9.17) is 10.00 Å². The van der Waals surface area contributed by atoms with Gasteiger partial charge < -0.3 is 9.64 Å². The van der Waals surface area contributed by atoms with Gasteiger partial charge in [0.15, 0.2) is 5.82 Å². The molecule has 7 nitrogen and oxygen atoms in total. The molecule has 0 radical (unpaired) electrons. The number of pyridine rings is 1. The fourth-order valence-corrected chi connectivity index (χ4v) is 3.43. The molecule has 4 rings (SSSR count). The molecule has 3 aromatic rings. The normalized spacial score (nSPS) is 17.2. The van der Waals surface area contributed by atoms with Gasteiger partial charge in [0.2, 0.25) is 5.88 Å². The zero-order valence-electron chi connectivity index (χ0n) is 14.7. The largest absolute Gasteiger partial charge is 0.477 e. The first-order valence-electron chi connectivity index (χ1n) is 8.78. The fourth-order valence-electron chi connectivity index (χ4n) is 3.43. The van der Waals surface area contributed by atoms with Crippen LogP contribution in [-0.2, 0) is 0 Å². The topological polar surface area (TPSA) is 79.3 Å². The van der Waals surface area contributed by atoms with E-state index >= 15 is 0 Å². The lowest BCUT2D eigenvalue weighted by Crippen LogP contribution is -2.38. The van der Waals surface area contributed by atoms with Crippen LogP contribution >= 0.6 is 0 Å². The van der Waals surface area contributed by atoms with Gasteiger partial charge in [-0.3, -0.25) is 0 Å². The summed E-state index contributed by atoms with van der Waals surface area (Å²) >= 11 is 0. The highest BCUT2D eigenvalue weighted by Crippen LogP contribution is 2.26. The summed E-state index contributed by atoms with van der Waals surface area (Å²) in [5.74, 6) is 1.87. The van der Waals surface area contributed by atoms with Crippen LogP contribution in [0.3, 0.4) is 0 Å². The highest BCUT2D eigenvalue weighted by Gasteiger charge is 2.23. The van der Waals surface area contributed by atoms with Gasteiger partial charge in [-0.2, -0.15) is 10.4 Å². The predicted molar refractivity (Wildman–Crippen MR) is 97.1 cm³/mol. The molecule has 132 valence electrons. The monoisotopic (exact) mass is 348 g/mol. The van der Waals surface area contributed by atoms with E-state index in [1.807, 2.05) is 17.6 Å². The summed E-state index contributed by atoms with van der Waals surface area (Å²) in [6, 6.07) is 7.53. The smallest absolute Gasteiger partial charge is 0.214 e. The van der Waals surface area contributed by atoms with Gasteiger partial charge >= 0.3 is 0 Å². The summed E-state index contributed by atoms with van der Waals surface area (Å²) in [6.07, 6.45) is 7.48. The quantitative estimate of drug-likeness (QED) is 0.721. The van der Waals surface area contributed by atoms with Crippen molar-refractivity contribution in [1.82, 2.24) is 19.6 Å². The number of nitrogens with zero attached hydrogens (tertiary/aromatic N) is 6. The highest BCUT2D eigenvalue weighted by molar-refractivity contribution is 5.69. The van der Waals surface area contributed by atoms with Crippen molar-refractivity contribution in [3.8, 4) is 11.9 Å². The Hall–Kier alpha value is -3.14. The van der Waals surface area contributed by atoms with Gasteiger partial charge in [-0.1, -0.05) is 0 Å². The van der Waals surface area contributed by atoms with Crippen molar-refractivity contribution in [3.63, 3.8) is 0 Å². The number of aryl methyl sites for hydroxylation is 1. The molecular formula is C19H20N6O. The van der Waals surface area contributed by atoms with E-state index in [-0.39, 0.29) is 0 Å². The first kappa shape index (κ1) is 16.3. The minimum atomic E-state index is 0.391. The van der Waals surface area contributed by atoms with E-state index < -0.39 is 0 Å². The molecule has 1 aliphatic heterocycles. The van der Waals surface area contributed by atoms with E-state index in [9.17, 15) is 0 Å². The summed E-state index contributed by atoms with van der Waals surface area (Å²) in [4.78, 5) is 11.1. The third-order valence-electron chi connectivity index (χ3n) is 4.64. The van der Waals surface area contributed by atoms with Gasteiger partial charge in [-0.25, -0.2) is 14.5 Å². The van der Waals surface area contributed by atoms with Crippen LogP contribution in [0.25, 0.3) is 5.52 Å². The first-order chi connectivity index (χ1) is 12.7. The minimum Gasteiger partial charge on any atom is -0.477 e. The van der Waals surface area contributed by atoms with Crippen LogP contribution in [0.15, 0.2) is 36.8 Å². The van der Waals surface area contributed by atoms with Crippen molar-refractivity contribution in [1.29, 1.82) is 5.26 Å². The number of fused-ring (bicyclic) bond motifs is 1. The molecule has 1 aliphatic rings. The van der Waals surface area contributed by atoms with E-state index in [0.29, 0.717) is 24.0 Å². The molecule has 0 bridgehead atoms. The number of anilines is 1. The second-order valence-corrected chi connectivity index (χ2v) is 6.63. The van der Waals surface area contributed by atoms with E-state index in [1.165, 1.54) is 0 Å². The second kappa shape index (κ2) is 7.00. The first-order valence-corrected chi connectivity index (χ1v) is 8.78. The van der Waals surface area contributed by atoms with Crippen molar-refractivity contribution in [2.24, 2.45) is 5.92 Å². The lowest BCUT2D eigenvalue weighted by Gasteiger charge is -2.33. The van der Waals surface area contributed by atoms with Gasteiger partial charge in [0.05, 0.1) is 23.9 Å². The Morgan fingerprint density at radius 1 is 1.31 bits per heavy atom. The third-order valence-corrected chi connectivity index (χ3v) is 4.64. The number of piperidine rings is 1. The van der Waals surface area contributed by atoms with Crippen molar-refractivity contribution >= 4 is 11.3 Å². The molecular weight excluding hydrogens is 328 g/mol. The molecule has 1 atom stereocenters. The van der Waals surface area contributed by atoms with Gasteiger partial charge in [0.25, 0.3) is 0 Å². The van der Waals surface area contributed by atoms with E-state index in [1.54, 1.807) is 24.5 Å². The number of hydrogen-bond acceptors (Lipinski definition) is 6. The lowest BCUT2D eigenvalue weighted by atomic mass is 9.99. The van der Waals surface area contributed by atoms with Crippen LogP contribution in [0.5, 0.6) is 5.88 Å². The molecule has 0 aliphatic carbocycles. The number of ether oxygens (including phenoxy) is 1. The third kappa shape index (κ3) is 3.31. The van der Waals surface area contributed by atoms with E-state index in [2.05, 4.69) is 32.1 Å². The standard InChI is InChI=1S/C19H20N6O/c1-14-9-17-19(22-6-8-25(17)23-14)24-7-2-3-16(12-24)13-26-18-10-15(11-20)4-5-21-18/h4-6,8-10,16H,2-3,7,12-13H2,1H3. The summed E-state index contributed by atoms with van der Waals surface area (Å²) in [7, 11) is 0. The molecule has 0 spiro atoms. The maximum absolute atomic E-state index is 8.97. The number of hydrogen-bond donors (Lipinski definition) is 0. The second-order valence-electron chi connectivity index (χ2n) is 6.63. The maximum Gasteiger partial charge on any atom is 0.214 e. The summed E-state index contributed by atoms with van der Waals surface area (Å²) in [5, 5.41) is 13.4. The lowest BCUT2D eigenvalue weighted by molar-refractivity contribution is 0.221. The summed E-state index contributed by atoms with van der Waals surface area (Å²) in [5.41, 5.74) is 2.58. The highest BCUT2D eigenvalue weighted by atomic mass is 16.5. The predicted octanol–water partition coefficient (Wildman–Crippen LogP) is 2.60. The molecule has 26 heavy (non-hydrogen) atoms. The molecule has 3 aromatic heterocycles. The maximum atomic E-state index is 8.97. The molecule has 0 saturated carbocycles. The van der Waals surface area contributed by atoms with Crippen molar-refractivity contribution < 1.29 is 4.74 Å². The molecule has 1 unspecified atom stereocenters. The Morgan fingerprint density at radius 2 is 2.23 bits per heavy atom. The molecule has 0 aromatic carbocycles. The van der Waals surface area contributed by atoms with Crippen LogP contribution in [0.2, 0.25) is 0 Å². The van der Waals surface area contributed by atoms with Gasteiger partial charge in [0.1, 0.15) is 5.52 Å². The zero-order valence-corrected chi connectivity index (χ0v) is 14.7. The Morgan fingerprint density at radius 3 is 3.12 bits per heavy atom. The summed E-state index contributed by atoms with van der Waals surface area (Å²) < 4.78 is 7.72. The molecule has 1 saturated heterocycles. The minimum absolute atomic E-state index is 0.391. The van der Waals surface area contributed by atoms with E-state index in [0.717, 1.165) is 43.0 Å². The van der Waals surface area contributed by atoms with Crippen LogP contribution in [-0.4, -0.2) is 39.3 Å². The van der Waals surface area contributed by atoms with Gasteiger partial charge in [0, 0.05) is 43.7 Å². The molecule has 0 N–H and O–H groups in total. The average molecular weight is 348 g/mol. The van der Waals surface area contributed by atoms with Gasteiger partial charge in [-0.05, 0) is 31.9 Å². The van der Waals surface area contributed by atoms with Crippen molar-refractivity contribution in [2.75, 3.05) is 24.6 Å². The number of nitriles is 1. The fraction of sp³-hybridized carbons (Fsp3) is 0.368. The Labute approximate surface area is 151 Å². The van der Waals surface area contributed by atoms with Crippen LogP contribution in [0, 0.1) is 24.2 Å². The average Bonchev–Trinajstić information content (AvgIpc) is 3.07. The Kier molecular flexibility index (Phi) is 4.40. The number of aromatic nitrogens is 4. The van der Waals surface area contributed by atoms with Crippen molar-refractivity contribution in [3.05, 3.63) is 48.0 Å². The van der Waals surface area contributed by atoms with Crippen LogP contribution in [0.1, 0.15) is 24.1 Å². The zero-order chi connectivity index (χ0) is 17.9. The van der Waals surface area contributed by atoms with Gasteiger partial charge in [-0.15, -0.1) is 0 Å². The molecule has 1 fully saturated rings. The Balaban J connectivity index is 1.46. The Bertz CT molecular complexity index is 960. The molecule has 4 heterocycles. The number of rotatable bonds is 4. The van der Waals surface area contributed by atoms with Crippen LogP contribution < -0.4 is 9.64 Å². The summed E-state index contributed by atoms with van der Waals surface area (Å²) in [6.45, 7) is 4.44. The van der Waals surface area contributed by atoms with Crippen LogP contribution in [0.4, 0.5) is 5.82 Å². The molecule has 0 amide bonds.